The fourth-order valence-electron chi connectivity index (χ4n) is 2.86. The third kappa shape index (κ3) is 4.85. The lowest BCUT2D eigenvalue weighted by molar-refractivity contribution is 0.482. The van der Waals surface area contributed by atoms with Crippen molar-refractivity contribution in [3.8, 4) is 22.8 Å². The maximum atomic E-state index is 5.89. The van der Waals surface area contributed by atoms with Crippen LogP contribution in [0.2, 0.25) is 0 Å². The minimum Gasteiger partial charge on any atom is -0.457 e. The molecule has 0 aliphatic heterocycles. The Bertz CT molecular complexity index is 1210. The summed E-state index contributed by atoms with van der Waals surface area (Å²) >= 11 is 0. The molecule has 2 aromatic carbocycles. The first-order valence-corrected chi connectivity index (χ1v) is 9.35. The van der Waals surface area contributed by atoms with Gasteiger partial charge >= 0.3 is 0 Å². The molecule has 7 N–H and O–H groups in total. The van der Waals surface area contributed by atoms with Crippen LogP contribution in [0.15, 0.2) is 84.1 Å². The van der Waals surface area contributed by atoms with E-state index in [1.54, 1.807) is 18.3 Å². The normalized spacial score (nSPS) is 11.2. The van der Waals surface area contributed by atoms with Crippen LogP contribution in [0.3, 0.4) is 0 Å². The van der Waals surface area contributed by atoms with E-state index >= 15 is 0 Å². The van der Waals surface area contributed by atoms with E-state index in [1.807, 2.05) is 60.7 Å². The lowest BCUT2D eigenvalue weighted by Crippen LogP contribution is -2.16. The number of benzene rings is 2. The predicted molar refractivity (Wildman–Crippen MR) is 121 cm³/mol. The largest absolute Gasteiger partial charge is 0.457 e. The summed E-state index contributed by atoms with van der Waals surface area (Å²) < 4.78 is 5.85. The number of amidine groups is 1. The molecular formula is C22H20N8O. The van der Waals surface area contributed by atoms with Gasteiger partial charge in [0.1, 0.15) is 23.0 Å². The number of rotatable bonds is 6. The summed E-state index contributed by atoms with van der Waals surface area (Å²) in [6, 6.07) is 22.4. The van der Waals surface area contributed by atoms with Crippen molar-refractivity contribution < 1.29 is 4.74 Å². The monoisotopic (exact) mass is 412 g/mol. The van der Waals surface area contributed by atoms with Gasteiger partial charge in [-0.15, -0.1) is 0 Å². The number of anilines is 3. The Hall–Kier alpha value is -4.66. The fraction of sp³-hybridized carbons (Fsp3) is 0. The van der Waals surface area contributed by atoms with Crippen molar-refractivity contribution in [2.24, 2.45) is 16.7 Å². The first kappa shape index (κ1) is 19.6. The Labute approximate surface area is 178 Å². The molecule has 4 aromatic rings. The predicted octanol–water partition coefficient (Wildman–Crippen LogP) is 3.24. The molecule has 154 valence electrons. The summed E-state index contributed by atoms with van der Waals surface area (Å²) in [7, 11) is 0. The minimum absolute atomic E-state index is 0.129. The number of pyridine rings is 1. The van der Waals surface area contributed by atoms with Crippen LogP contribution in [-0.4, -0.2) is 20.8 Å². The van der Waals surface area contributed by atoms with Gasteiger partial charge in [0.2, 0.25) is 5.95 Å². The molecule has 0 aliphatic carbocycles. The maximum absolute atomic E-state index is 5.89. The molecule has 0 spiro atoms. The van der Waals surface area contributed by atoms with Crippen LogP contribution in [0.25, 0.3) is 11.3 Å². The highest BCUT2D eigenvalue weighted by molar-refractivity contribution is 5.95. The number of nitrogens with two attached hydrogens (primary N) is 3. The number of nitrogens with zero attached hydrogens (tertiary/aromatic N) is 4. The Morgan fingerprint density at radius 3 is 2.42 bits per heavy atom. The minimum atomic E-state index is 0.129. The van der Waals surface area contributed by atoms with E-state index < -0.39 is 0 Å². The van der Waals surface area contributed by atoms with E-state index in [0.29, 0.717) is 23.0 Å². The highest BCUT2D eigenvalue weighted by Crippen LogP contribution is 2.26. The second-order valence-corrected chi connectivity index (χ2v) is 6.51. The molecule has 31 heavy (non-hydrogen) atoms. The van der Waals surface area contributed by atoms with Gasteiger partial charge in [-0.25, -0.2) is 4.98 Å². The lowest BCUT2D eigenvalue weighted by Gasteiger charge is -2.10. The van der Waals surface area contributed by atoms with E-state index in [9.17, 15) is 0 Å². The SMILES string of the molecule is N/N=C(\N)c1cc(Oc2ccc(Nc3cc(-c4ccccc4)nc(N)n3)cc2)ccn1. The molecule has 9 heteroatoms. The number of hydrogen-bond acceptors (Lipinski definition) is 8. The van der Waals surface area contributed by atoms with Crippen LogP contribution in [0.1, 0.15) is 5.69 Å². The zero-order chi connectivity index (χ0) is 21.6. The molecule has 9 nitrogen and oxygen atoms in total. The molecule has 2 heterocycles. The lowest BCUT2D eigenvalue weighted by atomic mass is 10.1. The molecule has 0 saturated heterocycles. The molecule has 0 saturated carbocycles. The van der Waals surface area contributed by atoms with Crippen molar-refractivity contribution >= 4 is 23.3 Å². The summed E-state index contributed by atoms with van der Waals surface area (Å²) in [6.07, 6.45) is 1.57. The maximum Gasteiger partial charge on any atom is 0.222 e. The molecule has 2 aromatic heterocycles. The molecule has 0 amide bonds. The van der Waals surface area contributed by atoms with Crippen LogP contribution < -0.4 is 27.4 Å². The standard InChI is InChI=1S/C22H20N8O/c23-21(30-25)19-12-17(10-11-26-19)31-16-8-6-15(7-9-16)27-20-13-18(28-22(24)29-20)14-4-2-1-3-5-14/h1-13H,25H2,(H2,23,30)(H3,24,27,28,29). The first-order valence-electron chi connectivity index (χ1n) is 9.35. The van der Waals surface area contributed by atoms with Crippen LogP contribution in [0, 0.1) is 0 Å². The number of ether oxygens (including phenoxy) is 1. The Morgan fingerprint density at radius 1 is 0.903 bits per heavy atom. The van der Waals surface area contributed by atoms with Crippen molar-refractivity contribution in [1.29, 1.82) is 0 Å². The van der Waals surface area contributed by atoms with E-state index in [1.165, 1.54) is 0 Å². The molecule has 0 unspecified atom stereocenters. The second-order valence-electron chi connectivity index (χ2n) is 6.51. The highest BCUT2D eigenvalue weighted by atomic mass is 16.5. The van der Waals surface area contributed by atoms with E-state index in [-0.39, 0.29) is 11.8 Å². The molecule has 0 bridgehead atoms. The number of hydrogen-bond donors (Lipinski definition) is 4. The topological polar surface area (TPSA) is 150 Å². The van der Waals surface area contributed by atoms with E-state index in [4.69, 9.17) is 22.0 Å². The Balaban J connectivity index is 1.49. The van der Waals surface area contributed by atoms with Gasteiger partial charge in [0, 0.05) is 29.6 Å². The summed E-state index contributed by atoms with van der Waals surface area (Å²) in [4.78, 5) is 12.7. The average Bonchev–Trinajstić information content (AvgIpc) is 2.80. The molecule has 0 aliphatic rings. The van der Waals surface area contributed by atoms with Crippen LogP contribution >= 0.6 is 0 Å². The summed E-state index contributed by atoms with van der Waals surface area (Å²) in [5.74, 6) is 7.31. The van der Waals surface area contributed by atoms with Crippen molar-refractivity contribution in [2.45, 2.75) is 0 Å². The van der Waals surface area contributed by atoms with Crippen molar-refractivity contribution in [3.63, 3.8) is 0 Å². The van der Waals surface area contributed by atoms with Gasteiger partial charge in [-0.3, -0.25) is 4.98 Å². The van der Waals surface area contributed by atoms with Crippen LogP contribution in [0.5, 0.6) is 11.5 Å². The van der Waals surface area contributed by atoms with Crippen molar-refractivity contribution in [2.75, 3.05) is 11.1 Å². The average molecular weight is 412 g/mol. The third-order valence-corrected chi connectivity index (χ3v) is 4.31. The van der Waals surface area contributed by atoms with Crippen molar-refractivity contribution in [3.05, 3.63) is 84.7 Å². The number of nitrogen functional groups attached to an aromatic ring is 1. The van der Waals surface area contributed by atoms with Gasteiger partial charge in [-0.2, -0.15) is 10.1 Å². The number of hydrazone groups is 1. The first-order chi connectivity index (χ1) is 15.1. The van der Waals surface area contributed by atoms with Gasteiger partial charge in [0.15, 0.2) is 5.84 Å². The molecule has 0 fully saturated rings. The Morgan fingerprint density at radius 2 is 1.68 bits per heavy atom. The van der Waals surface area contributed by atoms with Crippen LogP contribution in [-0.2, 0) is 0 Å². The summed E-state index contributed by atoms with van der Waals surface area (Å²) in [5, 5.41) is 6.67. The van der Waals surface area contributed by atoms with Gasteiger partial charge in [-0.1, -0.05) is 30.3 Å². The van der Waals surface area contributed by atoms with E-state index in [0.717, 1.165) is 16.9 Å². The van der Waals surface area contributed by atoms with Gasteiger partial charge in [0.05, 0.1) is 5.69 Å². The smallest absolute Gasteiger partial charge is 0.222 e. The molecule has 4 rings (SSSR count). The summed E-state index contributed by atoms with van der Waals surface area (Å²) in [6.45, 7) is 0. The van der Waals surface area contributed by atoms with Gasteiger partial charge in [-0.05, 0) is 30.3 Å². The zero-order valence-corrected chi connectivity index (χ0v) is 16.4. The van der Waals surface area contributed by atoms with E-state index in [2.05, 4.69) is 25.4 Å². The highest BCUT2D eigenvalue weighted by Gasteiger charge is 2.07. The van der Waals surface area contributed by atoms with Gasteiger partial charge in [0.25, 0.3) is 0 Å². The van der Waals surface area contributed by atoms with Gasteiger partial charge < -0.3 is 27.4 Å². The fourth-order valence-corrected chi connectivity index (χ4v) is 2.86. The molecular weight excluding hydrogens is 392 g/mol. The number of aromatic nitrogens is 3. The molecule has 0 atom stereocenters. The molecule has 0 radical (unpaired) electrons. The zero-order valence-electron chi connectivity index (χ0n) is 16.4. The summed E-state index contributed by atoms with van der Waals surface area (Å²) in [5.41, 5.74) is 14.5. The van der Waals surface area contributed by atoms with Crippen LogP contribution in [0.4, 0.5) is 17.5 Å². The second kappa shape index (κ2) is 8.78. The number of nitrogens with one attached hydrogen (secondary N) is 1. The third-order valence-electron chi connectivity index (χ3n) is 4.31. The van der Waals surface area contributed by atoms with Crippen molar-refractivity contribution in [1.82, 2.24) is 15.0 Å². The Kier molecular flexibility index (Phi) is 5.57. The quantitative estimate of drug-likeness (QED) is 0.163.